The van der Waals surface area contributed by atoms with Crippen LogP contribution in [0.15, 0.2) is 0 Å². The average Bonchev–Trinajstić information content (AvgIpc) is 2.04. The van der Waals surface area contributed by atoms with Gasteiger partial charge in [-0.05, 0) is 18.3 Å². The second-order valence-corrected chi connectivity index (χ2v) is 4.16. The average molecular weight is 185 g/mol. The fourth-order valence-corrected chi connectivity index (χ4v) is 1.98. The standard InChI is InChI=1S/C11H23NO/c1-5-7-11(3,8-6-2)9-10(13)12-4/h5-9H2,1-4H3,(H,12,13). The molecule has 0 aromatic rings. The third-order valence-corrected chi connectivity index (χ3v) is 2.57. The Bertz CT molecular complexity index is 148. The quantitative estimate of drug-likeness (QED) is 0.677. The van der Waals surface area contributed by atoms with Gasteiger partial charge in [-0.25, -0.2) is 0 Å². The van der Waals surface area contributed by atoms with Crippen LogP contribution in [-0.2, 0) is 4.79 Å². The Morgan fingerprint density at radius 3 is 2.00 bits per heavy atom. The van der Waals surface area contributed by atoms with Crippen molar-refractivity contribution in [2.24, 2.45) is 5.41 Å². The van der Waals surface area contributed by atoms with E-state index in [4.69, 9.17) is 0 Å². The lowest BCUT2D eigenvalue weighted by Crippen LogP contribution is -2.27. The first kappa shape index (κ1) is 12.5. The van der Waals surface area contributed by atoms with Crippen LogP contribution in [0.3, 0.4) is 0 Å². The molecular weight excluding hydrogens is 162 g/mol. The van der Waals surface area contributed by atoms with E-state index in [9.17, 15) is 4.79 Å². The maximum atomic E-state index is 11.3. The van der Waals surface area contributed by atoms with Crippen LogP contribution in [0.2, 0.25) is 0 Å². The summed E-state index contributed by atoms with van der Waals surface area (Å²) in [5, 5.41) is 2.70. The fraction of sp³-hybridized carbons (Fsp3) is 0.909. The summed E-state index contributed by atoms with van der Waals surface area (Å²) in [5.41, 5.74) is 0.212. The first-order valence-corrected chi connectivity index (χ1v) is 5.28. The molecule has 0 fully saturated rings. The molecule has 1 N–H and O–H groups in total. The van der Waals surface area contributed by atoms with Gasteiger partial charge in [-0.2, -0.15) is 0 Å². The molecule has 13 heavy (non-hydrogen) atoms. The van der Waals surface area contributed by atoms with Crippen LogP contribution >= 0.6 is 0 Å². The van der Waals surface area contributed by atoms with Crippen LogP contribution in [0.5, 0.6) is 0 Å². The molecular formula is C11H23NO. The van der Waals surface area contributed by atoms with Crippen LogP contribution in [-0.4, -0.2) is 13.0 Å². The number of nitrogens with one attached hydrogen (secondary N) is 1. The predicted octanol–water partition coefficient (Wildman–Crippen LogP) is 2.73. The highest BCUT2D eigenvalue weighted by molar-refractivity contribution is 5.76. The topological polar surface area (TPSA) is 29.1 Å². The summed E-state index contributed by atoms with van der Waals surface area (Å²) < 4.78 is 0. The number of hydrogen-bond donors (Lipinski definition) is 1. The first-order chi connectivity index (χ1) is 6.08. The summed E-state index contributed by atoms with van der Waals surface area (Å²) in [5.74, 6) is 0.171. The van der Waals surface area contributed by atoms with E-state index >= 15 is 0 Å². The molecule has 0 aliphatic carbocycles. The van der Waals surface area contributed by atoms with E-state index in [-0.39, 0.29) is 11.3 Å². The summed E-state index contributed by atoms with van der Waals surface area (Å²) >= 11 is 0. The van der Waals surface area contributed by atoms with E-state index in [0.717, 1.165) is 25.7 Å². The third-order valence-electron chi connectivity index (χ3n) is 2.57. The van der Waals surface area contributed by atoms with Crippen molar-refractivity contribution >= 4 is 5.91 Å². The Morgan fingerprint density at radius 1 is 1.23 bits per heavy atom. The van der Waals surface area contributed by atoms with Crippen molar-refractivity contribution in [2.45, 2.75) is 52.9 Å². The van der Waals surface area contributed by atoms with Crippen LogP contribution in [0.1, 0.15) is 52.9 Å². The molecule has 0 aromatic carbocycles. The summed E-state index contributed by atoms with van der Waals surface area (Å²) in [6, 6.07) is 0. The van der Waals surface area contributed by atoms with Crippen molar-refractivity contribution in [1.29, 1.82) is 0 Å². The van der Waals surface area contributed by atoms with Gasteiger partial charge in [-0.3, -0.25) is 4.79 Å². The van der Waals surface area contributed by atoms with Crippen molar-refractivity contribution in [2.75, 3.05) is 7.05 Å². The lowest BCUT2D eigenvalue weighted by Gasteiger charge is -2.27. The van der Waals surface area contributed by atoms with E-state index in [1.165, 1.54) is 0 Å². The van der Waals surface area contributed by atoms with Crippen LogP contribution in [0.4, 0.5) is 0 Å². The van der Waals surface area contributed by atoms with Crippen molar-refractivity contribution in [1.82, 2.24) is 5.32 Å². The Hall–Kier alpha value is -0.530. The molecule has 0 aliphatic heterocycles. The monoisotopic (exact) mass is 185 g/mol. The lowest BCUT2D eigenvalue weighted by molar-refractivity contribution is -0.123. The molecule has 0 rings (SSSR count). The molecule has 0 aromatic heterocycles. The van der Waals surface area contributed by atoms with Crippen LogP contribution in [0.25, 0.3) is 0 Å². The second-order valence-electron chi connectivity index (χ2n) is 4.16. The van der Waals surface area contributed by atoms with Crippen molar-refractivity contribution in [3.8, 4) is 0 Å². The zero-order valence-electron chi connectivity index (χ0n) is 9.44. The van der Waals surface area contributed by atoms with Gasteiger partial charge in [0, 0.05) is 13.5 Å². The molecule has 0 saturated carbocycles. The Labute approximate surface area is 82.1 Å². The first-order valence-electron chi connectivity index (χ1n) is 5.28. The van der Waals surface area contributed by atoms with Gasteiger partial charge in [0.1, 0.15) is 0 Å². The zero-order chi connectivity index (χ0) is 10.3. The molecule has 2 heteroatoms. The molecule has 78 valence electrons. The molecule has 0 bridgehead atoms. The summed E-state index contributed by atoms with van der Waals surface area (Å²) in [7, 11) is 1.71. The van der Waals surface area contributed by atoms with E-state index in [1.54, 1.807) is 7.05 Å². The third kappa shape index (κ3) is 4.91. The largest absolute Gasteiger partial charge is 0.359 e. The maximum Gasteiger partial charge on any atom is 0.220 e. The van der Waals surface area contributed by atoms with Gasteiger partial charge in [-0.1, -0.05) is 33.6 Å². The molecule has 0 aliphatic rings. The number of carbonyl (C=O) groups is 1. The minimum Gasteiger partial charge on any atom is -0.359 e. The van der Waals surface area contributed by atoms with Gasteiger partial charge >= 0.3 is 0 Å². The normalized spacial score (nSPS) is 11.4. The van der Waals surface area contributed by atoms with Crippen LogP contribution < -0.4 is 5.32 Å². The van der Waals surface area contributed by atoms with Crippen LogP contribution in [0, 0.1) is 5.41 Å². The summed E-state index contributed by atoms with van der Waals surface area (Å²) in [6.07, 6.45) is 5.29. The molecule has 0 unspecified atom stereocenters. The molecule has 0 saturated heterocycles. The van der Waals surface area contributed by atoms with E-state index in [1.807, 2.05) is 0 Å². The van der Waals surface area contributed by atoms with E-state index < -0.39 is 0 Å². The number of rotatable bonds is 6. The molecule has 0 radical (unpaired) electrons. The molecule has 0 atom stereocenters. The Balaban J connectivity index is 4.13. The molecule has 1 amide bonds. The maximum absolute atomic E-state index is 11.3. The van der Waals surface area contributed by atoms with Gasteiger partial charge < -0.3 is 5.32 Å². The SMILES string of the molecule is CCCC(C)(CCC)CC(=O)NC. The van der Waals surface area contributed by atoms with E-state index in [2.05, 4.69) is 26.1 Å². The number of carbonyl (C=O) groups excluding carboxylic acids is 1. The smallest absolute Gasteiger partial charge is 0.220 e. The Morgan fingerprint density at radius 2 is 1.69 bits per heavy atom. The second kappa shape index (κ2) is 6.01. The van der Waals surface area contributed by atoms with Crippen molar-refractivity contribution in [3.05, 3.63) is 0 Å². The highest BCUT2D eigenvalue weighted by Gasteiger charge is 2.24. The number of amides is 1. The van der Waals surface area contributed by atoms with Gasteiger partial charge in [-0.15, -0.1) is 0 Å². The van der Waals surface area contributed by atoms with Gasteiger partial charge in [0.05, 0.1) is 0 Å². The lowest BCUT2D eigenvalue weighted by atomic mass is 9.78. The van der Waals surface area contributed by atoms with Gasteiger partial charge in [0.15, 0.2) is 0 Å². The minimum atomic E-state index is 0.171. The fourth-order valence-electron chi connectivity index (χ4n) is 1.98. The van der Waals surface area contributed by atoms with Gasteiger partial charge in [0.2, 0.25) is 5.91 Å². The highest BCUT2D eigenvalue weighted by Crippen LogP contribution is 2.32. The minimum absolute atomic E-state index is 0.171. The van der Waals surface area contributed by atoms with Gasteiger partial charge in [0.25, 0.3) is 0 Å². The number of hydrogen-bond acceptors (Lipinski definition) is 1. The summed E-state index contributed by atoms with van der Waals surface area (Å²) in [6.45, 7) is 6.57. The molecule has 0 spiro atoms. The predicted molar refractivity (Wildman–Crippen MR) is 56.6 cm³/mol. The van der Waals surface area contributed by atoms with E-state index in [0.29, 0.717) is 6.42 Å². The molecule has 0 heterocycles. The van der Waals surface area contributed by atoms with Crippen molar-refractivity contribution < 1.29 is 4.79 Å². The highest BCUT2D eigenvalue weighted by atomic mass is 16.1. The zero-order valence-corrected chi connectivity index (χ0v) is 9.44. The van der Waals surface area contributed by atoms with Crippen molar-refractivity contribution in [3.63, 3.8) is 0 Å². The molecule has 2 nitrogen and oxygen atoms in total. The Kier molecular flexibility index (Phi) is 5.76. The summed E-state index contributed by atoms with van der Waals surface area (Å²) in [4.78, 5) is 11.3.